The zero-order chi connectivity index (χ0) is 20.5. The van der Waals surface area contributed by atoms with Gasteiger partial charge in [-0.2, -0.15) is 0 Å². The number of pyridine rings is 1. The molecule has 30 heavy (non-hydrogen) atoms. The van der Waals surface area contributed by atoms with Crippen LogP contribution in [0.5, 0.6) is 0 Å². The Labute approximate surface area is 180 Å². The van der Waals surface area contributed by atoms with Crippen LogP contribution in [0.4, 0.5) is 0 Å². The van der Waals surface area contributed by atoms with Crippen LogP contribution < -0.4 is 5.46 Å². The lowest BCUT2D eigenvalue weighted by atomic mass is 9.92. The minimum absolute atomic E-state index is 0.623. The molecule has 0 bridgehead atoms. The van der Waals surface area contributed by atoms with E-state index in [2.05, 4.69) is 26.4 Å². The summed E-state index contributed by atoms with van der Waals surface area (Å²) in [4.78, 5) is 9.82. The van der Waals surface area contributed by atoms with Gasteiger partial charge < -0.3 is 9.52 Å². The Balaban J connectivity index is 1.28. The molecule has 1 aliphatic heterocycles. The highest BCUT2D eigenvalue weighted by Crippen LogP contribution is 2.34. The van der Waals surface area contributed by atoms with Gasteiger partial charge >= 0.3 is 0 Å². The third-order valence-electron chi connectivity index (χ3n) is 5.07. The monoisotopic (exact) mass is 411 g/mol. The molecular weight excluding hydrogens is 393 g/mol. The second-order valence-corrected chi connectivity index (χ2v) is 8.37. The van der Waals surface area contributed by atoms with E-state index in [1.807, 2.05) is 36.5 Å². The van der Waals surface area contributed by atoms with Gasteiger partial charge in [0.2, 0.25) is 5.89 Å². The average molecular weight is 411 g/mol. The zero-order valence-corrected chi connectivity index (χ0v) is 16.9. The number of aliphatic hydroxyl groups is 1. The minimum Gasteiger partial charge on any atom is -0.445 e. The van der Waals surface area contributed by atoms with Gasteiger partial charge in [-0.3, -0.25) is 4.98 Å². The highest BCUT2D eigenvalue weighted by atomic mass is 32.2. The number of fused-ring (bicyclic) bond motifs is 1. The van der Waals surface area contributed by atoms with E-state index in [1.165, 1.54) is 11.1 Å². The Kier molecular flexibility index (Phi) is 5.17. The maximum Gasteiger partial charge on any atom is 0.225 e. The maximum absolute atomic E-state index is 10.7. The van der Waals surface area contributed by atoms with Crippen LogP contribution in [0.2, 0.25) is 0 Å². The lowest BCUT2D eigenvalue weighted by Crippen LogP contribution is -2.08. The fraction of sp³-hybridized carbons (Fsp3) is 0.130. The van der Waals surface area contributed by atoms with Crippen LogP contribution in [-0.4, -0.2) is 27.2 Å². The maximum atomic E-state index is 10.7. The summed E-state index contributed by atoms with van der Waals surface area (Å²) in [5.41, 5.74) is 5.34. The fourth-order valence-electron chi connectivity index (χ4n) is 3.56. The van der Waals surface area contributed by atoms with Crippen molar-refractivity contribution in [1.82, 2.24) is 14.3 Å². The van der Waals surface area contributed by atoms with Crippen molar-refractivity contribution in [2.75, 3.05) is 0 Å². The molecule has 4 aromatic rings. The zero-order valence-electron chi connectivity index (χ0n) is 16.1. The van der Waals surface area contributed by atoms with Gasteiger partial charge in [-0.1, -0.05) is 29.7 Å². The van der Waals surface area contributed by atoms with Crippen LogP contribution in [0.15, 0.2) is 82.6 Å². The molecule has 3 heterocycles. The van der Waals surface area contributed by atoms with E-state index in [0.717, 1.165) is 29.1 Å². The van der Waals surface area contributed by atoms with Crippen LogP contribution in [0, 0.1) is 0 Å². The molecule has 1 atom stereocenters. The van der Waals surface area contributed by atoms with Crippen LogP contribution in [0.3, 0.4) is 0 Å². The fourth-order valence-corrected chi connectivity index (χ4v) is 4.52. The van der Waals surface area contributed by atoms with E-state index < -0.39 is 6.10 Å². The molecule has 1 aliphatic rings. The second kappa shape index (κ2) is 8.10. The number of hydrogen-bond acceptors (Lipinski definition) is 6. The molecule has 1 N–H and O–H groups in total. The molecule has 0 amide bonds. The highest BCUT2D eigenvalue weighted by Gasteiger charge is 2.23. The van der Waals surface area contributed by atoms with E-state index in [4.69, 9.17) is 12.3 Å². The predicted octanol–water partition coefficient (Wildman–Crippen LogP) is 3.64. The van der Waals surface area contributed by atoms with Gasteiger partial charge in [-0.05, 0) is 59.0 Å². The molecule has 5 rings (SSSR count). The molecule has 0 fully saturated rings. The van der Waals surface area contributed by atoms with Crippen LogP contribution in [-0.2, 0) is 13.1 Å². The molecular formula is C23H18BN3O2S. The number of nitrogens with zero attached hydrogens (tertiary/aromatic N) is 3. The van der Waals surface area contributed by atoms with E-state index in [1.54, 1.807) is 36.5 Å². The first-order valence-corrected chi connectivity index (χ1v) is 10.4. The smallest absolute Gasteiger partial charge is 0.225 e. The molecule has 2 aromatic heterocycles. The number of oxazole rings is 1. The summed E-state index contributed by atoms with van der Waals surface area (Å²) < 4.78 is 7.62. The summed E-state index contributed by atoms with van der Waals surface area (Å²) in [5, 5.41) is 10.7. The SMILES string of the molecule is [B]c1cccc(C(O)c2cc3c(cn2)CN(Sc2ccc(-c4ncco4)cc2)C3)c1. The van der Waals surface area contributed by atoms with Gasteiger partial charge in [0, 0.05) is 29.7 Å². The van der Waals surface area contributed by atoms with Crippen LogP contribution >= 0.6 is 11.9 Å². The van der Waals surface area contributed by atoms with Crippen LogP contribution in [0.1, 0.15) is 28.5 Å². The number of aromatic nitrogens is 2. The Morgan fingerprint density at radius 3 is 2.63 bits per heavy atom. The second-order valence-electron chi connectivity index (χ2n) is 7.20. The van der Waals surface area contributed by atoms with E-state index in [9.17, 15) is 5.11 Å². The first-order valence-electron chi connectivity index (χ1n) is 9.60. The van der Waals surface area contributed by atoms with Crippen molar-refractivity contribution < 1.29 is 9.52 Å². The molecule has 2 aromatic carbocycles. The van der Waals surface area contributed by atoms with Crippen molar-refractivity contribution in [2.24, 2.45) is 0 Å². The normalized spacial score (nSPS) is 14.6. The van der Waals surface area contributed by atoms with Crippen molar-refractivity contribution >= 4 is 25.3 Å². The molecule has 146 valence electrons. The van der Waals surface area contributed by atoms with Crippen molar-refractivity contribution in [3.63, 3.8) is 0 Å². The first kappa shape index (κ1) is 19.1. The molecule has 0 saturated heterocycles. The molecule has 2 radical (unpaired) electrons. The molecule has 7 heteroatoms. The Hall–Kier alpha value is -2.87. The van der Waals surface area contributed by atoms with Crippen molar-refractivity contribution in [1.29, 1.82) is 0 Å². The molecule has 0 saturated carbocycles. The highest BCUT2D eigenvalue weighted by molar-refractivity contribution is 7.97. The van der Waals surface area contributed by atoms with E-state index in [-0.39, 0.29) is 0 Å². The largest absolute Gasteiger partial charge is 0.445 e. The number of benzene rings is 2. The molecule has 0 spiro atoms. The van der Waals surface area contributed by atoms with Crippen molar-refractivity contribution in [2.45, 2.75) is 24.1 Å². The number of aliphatic hydroxyl groups excluding tert-OH is 1. The summed E-state index contributed by atoms with van der Waals surface area (Å²) >= 11 is 1.70. The third kappa shape index (κ3) is 3.92. The topological polar surface area (TPSA) is 62.4 Å². The number of hydrogen-bond donors (Lipinski definition) is 1. The third-order valence-corrected chi connectivity index (χ3v) is 6.07. The summed E-state index contributed by atoms with van der Waals surface area (Å²) in [6.07, 6.45) is 4.30. The summed E-state index contributed by atoms with van der Waals surface area (Å²) in [7, 11) is 5.84. The lowest BCUT2D eigenvalue weighted by Gasteiger charge is -2.13. The first-order chi connectivity index (χ1) is 14.7. The predicted molar refractivity (Wildman–Crippen MR) is 117 cm³/mol. The van der Waals surface area contributed by atoms with E-state index >= 15 is 0 Å². The van der Waals surface area contributed by atoms with Crippen molar-refractivity contribution in [3.05, 3.63) is 95.6 Å². The molecule has 5 nitrogen and oxygen atoms in total. The standard InChI is InChI=1S/C23H18BN3O2S/c24-19-3-1-2-16(10-19)22(28)21-11-17-13-27(14-18(17)12-26-21)30-20-6-4-15(5-7-20)23-25-8-9-29-23/h1-12,22,28H,13-14H2. The molecule has 1 unspecified atom stereocenters. The van der Waals surface area contributed by atoms with Gasteiger partial charge in [-0.15, -0.1) is 0 Å². The summed E-state index contributed by atoms with van der Waals surface area (Å²) in [5.74, 6) is 0.623. The summed E-state index contributed by atoms with van der Waals surface area (Å²) in [6, 6.07) is 17.4. The van der Waals surface area contributed by atoms with Gasteiger partial charge in [0.1, 0.15) is 20.2 Å². The minimum atomic E-state index is -0.789. The Morgan fingerprint density at radius 1 is 1.03 bits per heavy atom. The quantitative estimate of drug-likeness (QED) is 0.400. The summed E-state index contributed by atoms with van der Waals surface area (Å²) in [6.45, 7) is 1.60. The molecule has 0 aliphatic carbocycles. The van der Waals surface area contributed by atoms with Gasteiger partial charge in [0.15, 0.2) is 0 Å². The Morgan fingerprint density at radius 2 is 1.87 bits per heavy atom. The Bertz CT molecular complexity index is 1170. The van der Waals surface area contributed by atoms with E-state index in [0.29, 0.717) is 17.0 Å². The number of rotatable bonds is 5. The average Bonchev–Trinajstić information content (AvgIpc) is 3.43. The van der Waals surface area contributed by atoms with Gasteiger partial charge in [0.25, 0.3) is 0 Å². The lowest BCUT2D eigenvalue weighted by molar-refractivity contribution is 0.215. The van der Waals surface area contributed by atoms with Crippen LogP contribution in [0.25, 0.3) is 11.5 Å². The van der Waals surface area contributed by atoms with Crippen molar-refractivity contribution in [3.8, 4) is 11.5 Å². The van der Waals surface area contributed by atoms with Gasteiger partial charge in [-0.25, -0.2) is 9.29 Å². The van der Waals surface area contributed by atoms with Gasteiger partial charge in [0.05, 0.1) is 11.9 Å².